The molecule has 0 unspecified atom stereocenters. The first-order valence-electron chi connectivity index (χ1n) is 5.08. The number of anilines is 1. The molecule has 0 aliphatic heterocycles. The minimum absolute atomic E-state index is 0.0274. The van der Waals surface area contributed by atoms with Gasteiger partial charge in [-0.3, -0.25) is 4.79 Å². The average Bonchev–Trinajstić information content (AvgIpc) is 2.20. The molecule has 0 spiro atoms. The Morgan fingerprint density at radius 3 is 2.62 bits per heavy atom. The van der Waals surface area contributed by atoms with Crippen molar-refractivity contribution in [2.75, 3.05) is 11.9 Å². The fourth-order valence-electron chi connectivity index (χ4n) is 1.09. The lowest BCUT2D eigenvalue weighted by Gasteiger charge is -2.08. The highest BCUT2D eigenvalue weighted by atomic mass is 79.9. The molecular formula is C10H15BrN4O. The van der Waals surface area contributed by atoms with Gasteiger partial charge in [0, 0.05) is 31.4 Å². The van der Waals surface area contributed by atoms with Crippen molar-refractivity contribution in [1.82, 2.24) is 15.3 Å². The third-order valence-electron chi connectivity index (χ3n) is 1.71. The van der Waals surface area contributed by atoms with Crippen LogP contribution in [0, 0.1) is 0 Å². The van der Waals surface area contributed by atoms with Crippen LogP contribution >= 0.6 is 15.9 Å². The van der Waals surface area contributed by atoms with Crippen LogP contribution in [0.5, 0.6) is 0 Å². The molecule has 0 saturated heterocycles. The molecule has 0 aliphatic carbocycles. The molecule has 1 aromatic heterocycles. The summed E-state index contributed by atoms with van der Waals surface area (Å²) in [6.45, 7) is 4.40. The summed E-state index contributed by atoms with van der Waals surface area (Å²) in [5.41, 5.74) is 0. The fourth-order valence-corrected chi connectivity index (χ4v) is 1.29. The number of nitrogens with one attached hydrogen (secondary N) is 2. The van der Waals surface area contributed by atoms with Gasteiger partial charge in [0.25, 0.3) is 0 Å². The molecule has 88 valence electrons. The Bertz CT molecular complexity index is 339. The summed E-state index contributed by atoms with van der Waals surface area (Å²) in [6.07, 6.45) is 3.73. The summed E-state index contributed by atoms with van der Waals surface area (Å²) < 4.78 is 0.829. The Labute approximate surface area is 103 Å². The van der Waals surface area contributed by atoms with Crippen molar-refractivity contribution in [2.45, 2.75) is 26.3 Å². The quantitative estimate of drug-likeness (QED) is 0.862. The topological polar surface area (TPSA) is 66.9 Å². The molecule has 5 nitrogen and oxygen atoms in total. The molecule has 16 heavy (non-hydrogen) atoms. The maximum absolute atomic E-state index is 11.3. The molecule has 0 radical (unpaired) electrons. The maximum atomic E-state index is 11.3. The Balaban J connectivity index is 2.25. The molecule has 1 aromatic rings. The van der Waals surface area contributed by atoms with Gasteiger partial charge >= 0.3 is 0 Å². The predicted octanol–water partition coefficient (Wildman–Crippen LogP) is 1.57. The summed E-state index contributed by atoms with van der Waals surface area (Å²) in [4.78, 5) is 19.4. The second-order valence-corrected chi connectivity index (χ2v) is 4.54. The lowest BCUT2D eigenvalue weighted by molar-refractivity contribution is -0.121. The SMILES string of the molecule is CC(C)NC(=O)CCNc1ncc(Br)cn1. The van der Waals surface area contributed by atoms with Crippen molar-refractivity contribution < 1.29 is 4.79 Å². The van der Waals surface area contributed by atoms with E-state index in [4.69, 9.17) is 0 Å². The highest BCUT2D eigenvalue weighted by Gasteiger charge is 2.03. The van der Waals surface area contributed by atoms with Crippen molar-refractivity contribution >= 4 is 27.8 Å². The number of halogens is 1. The van der Waals surface area contributed by atoms with Crippen LogP contribution in [-0.4, -0.2) is 28.5 Å². The summed E-state index contributed by atoms with van der Waals surface area (Å²) in [7, 11) is 0. The molecule has 6 heteroatoms. The van der Waals surface area contributed by atoms with E-state index in [2.05, 4.69) is 36.5 Å². The van der Waals surface area contributed by atoms with Crippen LogP contribution in [0.3, 0.4) is 0 Å². The smallest absolute Gasteiger partial charge is 0.222 e. The lowest BCUT2D eigenvalue weighted by Crippen LogP contribution is -2.31. The second kappa shape index (κ2) is 6.42. The number of aromatic nitrogens is 2. The molecule has 1 heterocycles. The van der Waals surface area contributed by atoms with Gasteiger partial charge in [0.1, 0.15) is 0 Å². The summed E-state index contributed by atoms with van der Waals surface area (Å²) in [5, 5.41) is 5.78. The molecule has 1 rings (SSSR count). The van der Waals surface area contributed by atoms with E-state index in [-0.39, 0.29) is 11.9 Å². The first-order valence-corrected chi connectivity index (χ1v) is 5.88. The number of amides is 1. The van der Waals surface area contributed by atoms with Gasteiger partial charge in [-0.1, -0.05) is 0 Å². The molecule has 0 aromatic carbocycles. The molecule has 0 fully saturated rings. The monoisotopic (exact) mass is 286 g/mol. The Morgan fingerprint density at radius 2 is 2.06 bits per heavy atom. The number of carbonyl (C=O) groups excluding carboxylic acids is 1. The fraction of sp³-hybridized carbons (Fsp3) is 0.500. The molecule has 2 N–H and O–H groups in total. The molecule has 0 saturated carbocycles. The number of carbonyl (C=O) groups is 1. The van der Waals surface area contributed by atoms with E-state index in [0.717, 1.165) is 4.47 Å². The Hall–Kier alpha value is -1.17. The highest BCUT2D eigenvalue weighted by Crippen LogP contribution is 2.06. The van der Waals surface area contributed by atoms with Gasteiger partial charge in [0.15, 0.2) is 0 Å². The van der Waals surface area contributed by atoms with Gasteiger partial charge in [0.05, 0.1) is 4.47 Å². The van der Waals surface area contributed by atoms with Crippen LogP contribution in [0.4, 0.5) is 5.95 Å². The Kier molecular flexibility index (Phi) is 5.18. The minimum Gasteiger partial charge on any atom is -0.354 e. The number of hydrogen-bond acceptors (Lipinski definition) is 4. The van der Waals surface area contributed by atoms with Crippen LogP contribution in [0.1, 0.15) is 20.3 Å². The first kappa shape index (κ1) is 12.9. The molecule has 0 bridgehead atoms. The minimum atomic E-state index is 0.0274. The van der Waals surface area contributed by atoms with Crippen molar-refractivity contribution in [3.05, 3.63) is 16.9 Å². The van der Waals surface area contributed by atoms with E-state index >= 15 is 0 Å². The van der Waals surface area contributed by atoms with Gasteiger partial charge in [0.2, 0.25) is 11.9 Å². The van der Waals surface area contributed by atoms with Crippen LogP contribution in [0.2, 0.25) is 0 Å². The van der Waals surface area contributed by atoms with Crippen molar-refractivity contribution in [2.24, 2.45) is 0 Å². The summed E-state index contributed by atoms with van der Waals surface area (Å²) in [5.74, 6) is 0.556. The van der Waals surface area contributed by atoms with E-state index in [1.54, 1.807) is 12.4 Å². The maximum Gasteiger partial charge on any atom is 0.222 e. The summed E-state index contributed by atoms with van der Waals surface area (Å²) in [6, 6.07) is 0.177. The van der Waals surface area contributed by atoms with Crippen LogP contribution in [-0.2, 0) is 4.79 Å². The molecule has 0 atom stereocenters. The van der Waals surface area contributed by atoms with Crippen LogP contribution < -0.4 is 10.6 Å². The third-order valence-corrected chi connectivity index (χ3v) is 2.11. The standard InChI is InChI=1S/C10H15BrN4O/c1-7(2)15-9(16)3-4-12-10-13-5-8(11)6-14-10/h5-7H,3-4H2,1-2H3,(H,15,16)(H,12,13,14). The van der Waals surface area contributed by atoms with Gasteiger partial charge in [-0.15, -0.1) is 0 Å². The first-order chi connectivity index (χ1) is 7.58. The highest BCUT2D eigenvalue weighted by molar-refractivity contribution is 9.10. The predicted molar refractivity (Wildman–Crippen MR) is 66.1 cm³/mol. The largest absolute Gasteiger partial charge is 0.354 e. The molecule has 1 amide bonds. The van der Waals surface area contributed by atoms with E-state index in [9.17, 15) is 4.79 Å². The molecular weight excluding hydrogens is 272 g/mol. The zero-order valence-electron chi connectivity index (χ0n) is 9.33. The number of hydrogen-bond donors (Lipinski definition) is 2. The van der Waals surface area contributed by atoms with Crippen molar-refractivity contribution in [1.29, 1.82) is 0 Å². The second-order valence-electron chi connectivity index (χ2n) is 3.62. The number of rotatable bonds is 5. The van der Waals surface area contributed by atoms with E-state index in [0.29, 0.717) is 18.9 Å². The average molecular weight is 287 g/mol. The van der Waals surface area contributed by atoms with Crippen molar-refractivity contribution in [3.8, 4) is 0 Å². The van der Waals surface area contributed by atoms with E-state index < -0.39 is 0 Å². The lowest BCUT2D eigenvalue weighted by atomic mass is 10.3. The van der Waals surface area contributed by atoms with Crippen molar-refractivity contribution in [3.63, 3.8) is 0 Å². The van der Waals surface area contributed by atoms with E-state index in [1.165, 1.54) is 0 Å². The third kappa shape index (κ3) is 5.06. The molecule has 0 aliphatic rings. The normalized spacial score (nSPS) is 10.2. The van der Waals surface area contributed by atoms with Gasteiger partial charge < -0.3 is 10.6 Å². The van der Waals surface area contributed by atoms with Crippen LogP contribution in [0.25, 0.3) is 0 Å². The zero-order chi connectivity index (χ0) is 12.0. The summed E-state index contributed by atoms with van der Waals surface area (Å²) >= 11 is 3.25. The van der Waals surface area contributed by atoms with Gasteiger partial charge in [-0.25, -0.2) is 9.97 Å². The number of nitrogens with zero attached hydrogens (tertiary/aromatic N) is 2. The van der Waals surface area contributed by atoms with E-state index in [1.807, 2.05) is 13.8 Å². The van der Waals surface area contributed by atoms with Crippen LogP contribution in [0.15, 0.2) is 16.9 Å². The van der Waals surface area contributed by atoms with Gasteiger partial charge in [-0.2, -0.15) is 0 Å². The van der Waals surface area contributed by atoms with Gasteiger partial charge in [-0.05, 0) is 29.8 Å². The zero-order valence-corrected chi connectivity index (χ0v) is 10.9. The Morgan fingerprint density at radius 1 is 1.44 bits per heavy atom.